The molecule has 8 nitrogen and oxygen atoms in total. The van der Waals surface area contributed by atoms with Crippen LogP contribution in [0.3, 0.4) is 0 Å². The molecular formula is C21H18NO7S-. The second-order valence-electron chi connectivity index (χ2n) is 6.41. The molecule has 2 aromatic carbocycles. The van der Waals surface area contributed by atoms with Gasteiger partial charge in [0.15, 0.2) is 0 Å². The van der Waals surface area contributed by atoms with Gasteiger partial charge in [-0.3, -0.25) is 13.3 Å². The third kappa shape index (κ3) is 5.13. The highest BCUT2D eigenvalue weighted by molar-refractivity contribution is 7.80. The molecule has 0 spiro atoms. The number of aromatic carboxylic acids is 1. The van der Waals surface area contributed by atoms with Gasteiger partial charge in [0, 0.05) is 23.0 Å². The first-order valence-corrected chi connectivity index (χ1v) is 9.89. The Kier molecular flexibility index (Phi) is 6.65. The molecule has 0 aliphatic heterocycles. The molecule has 3 rings (SSSR count). The van der Waals surface area contributed by atoms with Gasteiger partial charge < -0.3 is 18.8 Å². The lowest BCUT2D eigenvalue weighted by molar-refractivity contribution is 0.0647. The molecule has 3 aromatic rings. The molecule has 0 saturated carbocycles. The van der Waals surface area contributed by atoms with Crippen LogP contribution in [0.5, 0.6) is 5.75 Å². The van der Waals surface area contributed by atoms with Gasteiger partial charge in [0.25, 0.3) is 5.76 Å². The van der Waals surface area contributed by atoms with Crippen molar-refractivity contribution in [3.05, 3.63) is 93.5 Å². The highest BCUT2D eigenvalue weighted by Crippen LogP contribution is 2.22. The van der Waals surface area contributed by atoms with Crippen LogP contribution in [-0.2, 0) is 24.4 Å². The van der Waals surface area contributed by atoms with E-state index in [4.69, 9.17) is 9.15 Å². The number of hydrogen-bond acceptors (Lipinski definition) is 6. The van der Waals surface area contributed by atoms with E-state index in [2.05, 4.69) is 0 Å². The summed E-state index contributed by atoms with van der Waals surface area (Å²) in [7, 11) is 0. The van der Waals surface area contributed by atoms with Gasteiger partial charge in [-0.25, -0.2) is 4.79 Å². The van der Waals surface area contributed by atoms with Crippen LogP contribution < -0.4 is 14.5 Å². The number of nitrogens with zero attached hydrogens (tertiary/aromatic N) is 1. The number of carboxylic acids is 1. The maximum absolute atomic E-state index is 12.5. The topological polar surface area (TPSA) is 120 Å². The van der Waals surface area contributed by atoms with Crippen LogP contribution in [0, 0.1) is 6.92 Å². The maximum atomic E-state index is 12.5. The van der Waals surface area contributed by atoms with Crippen molar-refractivity contribution >= 4 is 22.9 Å². The number of benzene rings is 2. The van der Waals surface area contributed by atoms with Crippen molar-refractivity contribution in [2.24, 2.45) is 0 Å². The van der Waals surface area contributed by atoms with Gasteiger partial charge in [0.05, 0.1) is 6.54 Å². The Morgan fingerprint density at radius 2 is 1.90 bits per heavy atom. The number of aryl methyl sites for hydroxylation is 1. The van der Waals surface area contributed by atoms with Gasteiger partial charge >= 0.3 is 5.97 Å². The smallest absolute Gasteiger partial charge is 0.375 e. The zero-order valence-electron chi connectivity index (χ0n) is 15.9. The molecule has 0 radical (unpaired) electrons. The second kappa shape index (κ2) is 9.38. The van der Waals surface area contributed by atoms with Crippen LogP contribution in [0.4, 0.5) is 5.69 Å². The summed E-state index contributed by atoms with van der Waals surface area (Å²) in [5.74, 6) is -2.76. The van der Waals surface area contributed by atoms with E-state index in [1.165, 1.54) is 0 Å². The first-order chi connectivity index (χ1) is 14.3. The van der Waals surface area contributed by atoms with E-state index in [-0.39, 0.29) is 18.9 Å². The Balaban J connectivity index is 1.91. The van der Waals surface area contributed by atoms with Crippen molar-refractivity contribution in [2.45, 2.75) is 20.1 Å². The number of anilines is 1. The van der Waals surface area contributed by atoms with Crippen LogP contribution >= 0.6 is 0 Å². The van der Waals surface area contributed by atoms with E-state index < -0.39 is 34.2 Å². The average molecular weight is 428 g/mol. The third-order valence-electron chi connectivity index (χ3n) is 4.14. The van der Waals surface area contributed by atoms with Crippen molar-refractivity contribution in [1.29, 1.82) is 0 Å². The molecular weight excluding hydrogens is 410 g/mol. The molecule has 0 amide bonds. The standard InChI is InChI=1S/C21H19NO7S/c1-14-6-5-9-16(10-14)22(30(26)27)12-17-11-18(23)19(20(29-17)21(24)25)28-13-15-7-3-2-4-8-15/h2-11H,12-13H2,1H3,(H,24,25)(H,26,27)/p-1. The van der Waals surface area contributed by atoms with Gasteiger partial charge in [-0.15, -0.1) is 0 Å². The van der Waals surface area contributed by atoms with Gasteiger partial charge in [-0.05, 0) is 30.2 Å². The minimum Gasteiger partial charge on any atom is -0.755 e. The highest BCUT2D eigenvalue weighted by atomic mass is 32.2. The fourth-order valence-corrected chi connectivity index (χ4v) is 3.29. The van der Waals surface area contributed by atoms with E-state index in [0.29, 0.717) is 5.69 Å². The first-order valence-electron chi connectivity index (χ1n) is 8.86. The maximum Gasteiger partial charge on any atom is 0.375 e. The molecule has 0 aliphatic rings. The molecule has 0 fully saturated rings. The molecule has 1 N–H and O–H groups in total. The highest BCUT2D eigenvalue weighted by Gasteiger charge is 2.22. The normalized spacial score (nSPS) is 11.7. The fraction of sp³-hybridized carbons (Fsp3) is 0.143. The van der Waals surface area contributed by atoms with E-state index in [9.17, 15) is 23.5 Å². The van der Waals surface area contributed by atoms with E-state index in [1.54, 1.807) is 55.5 Å². The monoisotopic (exact) mass is 428 g/mol. The largest absolute Gasteiger partial charge is 0.755 e. The molecule has 156 valence electrons. The summed E-state index contributed by atoms with van der Waals surface area (Å²) in [6.07, 6.45) is 0. The van der Waals surface area contributed by atoms with E-state index >= 15 is 0 Å². The molecule has 1 atom stereocenters. The minimum absolute atomic E-state index is 0.0226. The lowest BCUT2D eigenvalue weighted by Gasteiger charge is -2.26. The van der Waals surface area contributed by atoms with Crippen LogP contribution in [0.25, 0.3) is 0 Å². The number of hydrogen-bond donors (Lipinski definition) is 1. The Morgan fingerprint density at radius 1 is 1.17 bits per heavy atom. The van der Waals surface area contributed by atoms with Gasteiger partial charge in [-0.2, -0.15) is 0 Å². The Hall–Kier alpha value is -3.43. The summed E-state index contributed by atoms with van der Waals surface area (Å²) in [6, 6.07) is 16.6. The van der Waals surface area contributed by atoms with Crippen molar-refractivity contribution in [1.82, 2.24) is 0 Å². The number of carboxylic acid groups (broad SMARTS) is 1. The summed E-state index contributed by atoms with van der Waals surface area (Å²) in [5, 5.41) is 9.46. The summed E-state index contributed by atoms with van der Waals surface area (Å²) in [5.41, 5.74) is 1.21. The lowest BCUT2D eigenvalue weighted by Crippen LogP contribution is -2.26. The van der Waals surface area contributed by atoms with Crippen molar-refractivity contribution in [3.63, 3.8) is 0 Å². The second-order valence-corrected chi connectivity index (χ2v) is 7.28. The summed E-state index contributed by atoms with van der Waals surface area (Å²) >= 11 is -2.68. The molecule has 1 heterocycles. The van der Waals surface area contributed by atoms with Gasteiger partial charge in [-0.1, -0.05) is 42.5 Å². The molecule has 1 aromatic heterocycles. The van der Waals surface area contributed by atoms with Crippen molar-refractivity contribution in [2.75, 3.05) is 4.31 Å². The zero-order chi connectivity index (χ0) is 21.7. The Morgan fingerprint density at radius 3 is 2.53 bits per heavy atom. The Labute approximate surface area is 174 Å². The molecule has 0 aliphatic carbocycles. The predicted octanol–water partition coefficient (Wildman–Crippen LogP) is 3.03. The Bertz CT molecular complexity index is 1130. The number of carbonyl (C=O) groups is 1. The van der Waals surface area contributed by atoms with E-state index in [0.717, 1.165) is 21.5 Å². The fourth-order valence-electron chi connectivity index (χ4n) is 2.77. The SMILES string of the molecule is Cc1cccc(N(Cc2cc(=O)c(OCc3ccccc3)c(C(=O)O)o2)S(=O)[O-])c1. The van der Waals surface area contributed by atoms with Crippen molar-refractivity contribution < 1.29 is 27.8 Å². The molecule has 30 heavy (non-hydrogen) atoms. The zero-order valence-corrected chi connectivity index (χ0v) is 16.8. The van der Waals surface area contributed by atoms with Gasteiger partial charge in [0.2, 0.25) is 11.2 Å². The minimum atomic E-state index is -2.68. The van der Waals surface area contributed by atoms with Gasteiger partial charge in [0.1, 0.15) is 12.4 Å². The predicted molar refractivity (Wildman–Crippen MR) is 109 cm³/mol. The summed E-state index contributed by atoms with van der Waals surface area (Å²) < 4.78 is 35.1. The number of ether oxygens (including phenoxy) is 1. The summed E-state index contributed by atoms with van der Waals surface area (Å²) in [6.45, 7) is 1.43. The number of rotatable bonds is 8. The van der Waals surface area contributed by atoms with Crippen LogP contribution in [0.15, 0.2) is 69.9 Å². The third-order valence-corrected chi connectivity index (χ3v) is 4.84. The average Bonchev–Trinajstić information content (AvgIpc) is 2.71. The first kappa shape index (κ1) is 21.3. The molecule has 0 bridgehead atoms. The van der Waals surface area contributed by atoms with Crippen LogP contribution in [0.1, 0.15) is 27.4 Å². The quantitative estimate of drug-likeness (QED) is 0.548. The van der Waals surface area contributed by atoms with Crippen LogP contribution in [-0.4, -0.2) is 19.8 Å². The molecule has 0 saturated heterocycles. The van der Waals surface area contributed by atoms with E-state index in [1.807, 2.05) is 6.07 Å². The van der Waals surface area contributed by atoms with Crippen molar-refractivity contribution in [3.8, 4) is 5.75 Å². The summed E-state index contributed by atoms with van der Waals surface area (Å²) in [4.78, 5) is 24.1. The lowest BCUT2D eigenvalue weighted by atomic mass is 10.2. The molecule has 1 unspecified atom stereocenters. The molecule has 9 heteroatoms. The van der Waals surface area contributed by atoms with Crippen LogP contribution in [0.2, 0.25) is 0 Å².